The number of nitrogens with one attached hydrogen (secondary N) is 1. The summed E-state index contributed by atoms with van der Waals surface area (Å²) in [6.45, 7) is 2.87. The number of H-pyrrole nitrogens is 1. The molecule has 0 bridgehead atoms. The molecule has 2 heterocycles. The normalized spacial score (nSPS) is 11.1. The van der Waals surface area contributed by atoms with Gasteiger partial charge in [-0.1, -0.05) is 30.1 Å². The van der Waals surface area contributed by atoms with Gasteiger partial charge >= 0.3 is 0 Å². The molecule has 9 heteroatoms. The van der Waals surface area contributed by atoms with Gasteiger partial charge in [0.05, 0.1) is 27.5 Å². The number of hydrogen-bond acceptors (Lipinski definition) is 5. The zero-order valence-corrected chi connectivity index (χ0v) is 18.4. The van der Waals surface area contributed by atoms with E-state index in [1.165, 1.54) is 11.3 Å². The van der Waals surface area contributed by atoms with E-state index in [1.807, 2.05) is 19.1 Å². The summed E-state index contributed by atoms with van der Waals surface area (Å²) in [4.78, 5) is 35.1. The Balaban J connectivity index is 1.68. The molecule has 2 aromatic heterocycles. The molecule has 0 atom stereocenters. The number of rotatable bonds is 8. The maximum atomic E-state index is 12.7. The van der Waals surface area contributed by atoms with E-state index < -0.39 is 0 Å². The summed E-state index contributed by atoms with van der Waals surface area (Å²) in [5, 5.41) is 0.995. The van der Waals surface area contributed by atoms with Crippen LogP contribution in [0.1, 0.15) is 24.0 Å². The summed E-state index contributed by atoms with van der Waals surface area (Å²) in [6, 6.07) is 8.80. The third-order valence-corrected chi connectivity index (χ3v) is 6.62. The predicted octanol–water partition coefficient (Wildman–Crippen LogP) is 4.96. The summed E-state index contributed by atoms with van der Waals surface area (Å²) in [5.74, 6) is 1.58. The van der Waals surface area contributed by atoms with Crippen molar-refractivity contribution in [3.63, 3.8) is 0 Å². The molecule has 0 saturated carbocycles. The Morgan fingerprint density at radius 1 is 1.29 bits per heavy atom. The summed E-state index contributed by atoms with van der Waals surface area (Å²) in [5.41, 5.74) is 0.295. The van der Waals surface area contributed by atoms with Crippen LogP contribution in [0.5, 0.6) is 0 Å². The lowest BCUT2D eigenvalue weighted by Gasteiger charge is -2.21. The van der Waals surface area contributed by atoms with E-state index in [0.717, 1.165) is 21.4 Å². The number of aromatic amines is 1. The van der Waals surface area contributed by atoms with Gasteiger partial charge in [-0.3, -0.25) is 9.59 Å². The fraction of sp³-hybridized carbons (Fsp3) is 0.316. The third kappa shape index (κ3) is 5.50. The van der Waals surface area contributed by atoms with Crippen LogP contribution in [-0.4, -0.2) is 33.1 Å². The average Bonchev–Trinajstić information content (AvgIpc) is 3.06. The molecule has 1 N–H and O–H groups in total. The van der Waals surface area contributed by atoms with Crippen molar-refractivity contribution in [2.75, 3.05) is 12.3 Å². The van der Waals surface area contributed by atoms with E-state index in [2.05, 4.69) is 9.97 Å². The number of thioether (sulfide) groups is 1. The number of carbonyl (C=O) groups excluding carboxylic acids is 1. The van der Waals surface area contributed by atoms with Gasteiger partial charge in [0, 0.05) is 22.2 Å². The van der Waals surface area contributed by atoms with Crippen molar-refractivity contribution in [1.29, 1.82) is 0 Å². The molecule has 0 unspecified atom stereocenters. The maximum Gasteiger partial charge on any atom is 0.258 e. The van der Waals surface area contributed by atoms with E-state index in [9.17, 15) is 9.59 Å². The zero-order valence-electron chi connectivity index (χ0n) is 15.2. The molecule has 0 fully saturated rings. The minimum absolute atomic E-state index is 0.0170. The first-order valence-electron chi connectivity index (χ1n) is 8.74. The van der Waals surface area contributed by atoms with Gasteiger partial charge in [0.15, 0.2) is 0 Å². The number of carbonyl (C=O) groups is 1. The SMILES string of the molecule is CCCN(Cc1nc2cc(Cl)ccc2c(=O)[nH]1)C(=O)CSCc1ccc(Cl)s1. The Morgan fingerprint density at radius 2 is 2.11 bits per heavy atom. The van der Waals surface area contributed by atoms with Gasteiger partial charge in [-0.15, -0.1) is 23.1 Å². The highest BCUT2D eigenvalue weighted by molar-refractivity contribution is 7.99. The lowest BCUT2D eigenvalue weighted by atomic mass is 10.2. The van der Waals surface area contributed by atoms with Crippen LogP contribution < -0.4 is 5.56 Å². The highest BCUT2D eigenvalue weighted by Crippen LogP contribution is 2.25. The Bertz CT molecular complexity index is 1040. The van der Waals surface area contributed by atoms with Crippen LogP contribution in [0.3, 0.4) is 0 Å². The number of halogens is 2. The molecule has 0 aliphatic carbocycles. The largest absolute Gasteiger partial charge is 0.335 e. The van der Waals surface area contributed by atoms with Crippen molar-refractivity contribution in [2.24, 2.45) is 0 Å². The van der Waals surface area contributed by atoms with Crippen molar-refractivity contribution in [3.05, 3.63) is 60.7 Å². The molecular formula is C19H19Cl2N3O2S2. The Labute approximate surface area is 181 Å². The summed E-state index contributed by atoms with van der Waals surface area (Å²) in [6.07, 6.45) is 0.820. The third-order valence-electron chi connectivity index (χ3n) is 4.00. The molecule has 5 nitrogen and oxygen atoms in total. The second kappa shape index (κ2) is 9.78. The minimum atomic E-state index is -0.232. The summed E-state index contributed by atoms with van der Waals surface area (Å²) < 4.78 is 0.751. The minimum Gasteiger partial charge on any atom is -0.335 e. The van der Waals surface area contributed by atoms with Gasteiger partial charge in [0.2, 0.25) is 5.91 Å². The fourth-order valence-corrected chi connectivity index (χ4v) is 5.03. The first kappa shape index (κ1) is 21.2. The van der Waals surface area contributed by atoms with Gasteiger partial charge < -0.3 is 9.88 Å². The molecule has 3 rings (SSSR count). The van der Waals surface area contributed by atoms with Crippen molar-refractivity contribution >= 4 is 63.1 Å². The molecule has 3 aromatic rings. The van der Waals surface area contributed by atoms with Crippen LogP contribution in [0, 0.1) is 0 Å². The highest BCUT2D eigenvalue weighted by atomic mass is 35.5. The summed E-state index contributed by atoms with van der Waals surface area (Å²) >= 11 is 15.0. The van der Waals surface area contributed by atoms with E-state index in [4.69, 9.17) is 23.2 Å². The van der Waals surface area contributed by atoms with E-state index in [-0.39, 0.29) is 18.0 Å². The Hall–Kier alpha value is -1.54. The number of aromatic nitrogens is 2. The molecule has 28 heavy (non-hydrogen) atoms. The molecule has 0 spiro atoms. The first-order valence-corrected chi connectivity index (χ1v) is 11.5. The number of nitrogens with zero attached hydrogens (tertiary/aromatic N) is 2. The monoisotopic (exact) mass is 455 g/mol. The van der Waals surface area contributed by atoms with Gasteiger partial charge in [0.1, 0.15) is 5.82 Å². The molecule has 0 radical (unpaired) electrons. The molecule has 1 aromatic carbocycles. The number of amides is 1. The van der Waals surface area contributed by atoms with Crippen LogP contribution in [0.15, 0.2) is 35.1 Å². The van der Waals surface area contributed by atoms with E-state index in [0.29, 0.717) is 34.0 Å². The molecule has 0 aliphatic heterocycles. The zero-order chi connectivity index (χ0) is 20.1. The average molecular weight is 456 g/mol. The lowest BCUT2D eigenvalue weighted by molar-refractivity contribution is -0.129. The lowest BCUT2D eigenvalue weighted by Crippen LogP contribution is -2.34. The maximum absolute atomic E-state index is 12.7. The first-order chi connectivity index (χ1) is 13.5. The molecule has 1 amide bonds. The number of thiophene rings is 1. The van der Waals surface area contributed by atoms with Gasteiger partial charge in [-0.2, -0.15) is 0 Å². The van der Waals surface area contributed by atoms with Gasteiger partial charge in [0.25, 0.3) is 5.56 Å². The summed E-state index contributed by atoms with van der Waals surface area (Å²) in [7, 11) is 0. The fourth-order valence-electron chi connectivity index (χ4n) is 2.74. The van der Waals surface area contributed by atoms with E-state index in [1.54, 1.807) is 34.9 Å². The number of hydrogen-bond donors (Lipinski definition) is 1. The van der Waals surface area contributed by atoms with Crippen LogP contribution in [0.2, 0.25) is 9.36 Å². The molecular weight excluding hydrogens is 437 g/mol. The quantitative estimate of drug-likeness (QED) is 0.520. The van der Waals surface area contributed by atoms with E-state index >= 15 is 0 Å². The standard InChI is InChI=1S/C19H19Cl2N3O2S2/c1-2-7-24(18(25)11-27-10-13-4-6-16(21)28-13)9-17-22-15-8-12(20)3-5-14(15)19(26)23-17/h3-6,8H,2,7,9-11H2,1H3,(H,22,23,26). The van der Waals surface area contributed by atoms with Crippen molar-refractivity contribution in [1.82, 2.24) is 14.9 Å². The topological polar surface area (TPSA) is 66.1 Å². The van der Waals surface area contributed by atoms with Crippen molar-refractivity contribution in [3.8, 4) is 0 Å². The number of fused-ring (bicyclic) bond motifs is 1. The van der Waals surface area contributed by atoms with Crippen LogP contribution in [0.4, 0.5) is 0 Å². The van der Waals surface area contributed by atoms with Gasteiger partial charge in [-0.25, -0.2) is 4.98 Å². The Morgan fingerprint density at radius 3 is 2.82 bits per heavy atom. The Kier molecular flexibility index (Phi) is 7.40. The predicted molar refractivity (Wildman–Crippen MR) is 119 cm³/mol. The molecule has 148 valence electrons. The van der Waals surface area contributed by atoms with Crippen LogP contribution in [-0.2, 0) is 17.1 Å². The van der Waals surface area contributed by atoms with Gasteiger partial charge in [-0.05, 0) is 36.8 Å². The van der Waals surface area contributed by atoms with Crippen molar-refractivity contribution in [2.45, 2.75) is 25.6 Å². The second-order valence-electron chi connectivity index (χ2n) is 6.19. The van der Waals surface area contributed by atoms with Crippen LogP contribution >= 0.6 is 46.3 Å². The van der Waals surface area contributed by atoms with Crippen molar-refractivity contribution < 1.29 is 4.79 Å². The molecule has 0 saturated heterocycles. The number of benzene rings is 1. The second-order valence-corrected chi connectivity index (χ2v) is 9.41. The molecule has 0 aliphatic rings. The smallest absolute Gasteiger partial charge is 0.258 e. The van der Waals surface area contributed by atoms with Crippen LogP contribution in [0.25, 0.3) is 10.9 Å². The highest BCUT2D eigenvalue weighted by Gasteiger charge is 2.16.